The predicted octanol–water partition coefficient (Wildman–Crippen LogP) is 0.266. The number of alkyl carbamates (subject to hydrolysis) is 1. The van der Waals surface area contributed by atoms with E-state index >= 15 is 0 Å². The lowest BCUT2D eigenvalue weighted by Gasteiger charge is -2.22. The zero-order valence-electron chi connectivity index (χ0n) is 9.24. The van der Waals surface area contributed by atoms with E-state index in [0.717, 1.165) is 0 Å². The van der Waals surface area contributed by atoms with Gasteiger partial charge in [0, 0.05) is 13.1 Å². The summed E-state index contributed by atoms with van der Waals surface area (Å²) in [6.45, 7) is 6.50. The number of carbonyl (C=O) groups excluding carboxylic acids is 1. The van der Waals surface area contributed by atoms with E-state index in [2.05, 4.69) is 10.6 Å². The number of carbonyl (C=O) groups is 1. The summed E-state index contributed by atoms with van der Waals surface area (Å²) in [5, 5.41) is 15.0. The van der Waals surface area contributed by atoms with E-state index < -0.39 is 17.8 Å². The lowest BCUT2D eigenvalue weighted by atomic mass is 10.2. The number of rotatable bonds is 1. The second-order valence-corrected chi connectivity index (χ2v) is 4.48. The number of halogens is 1. The highest BCUT2D eigenvalue weighted by Crippen LogP contribution is 2.07. The SMILES string of the molecule is CC(C)(C)OC(=O)N[C@H]1CNC[C@H]1O.Cl. The molecule has 1 aliphatic rings. The molecule has 0 aromatic carbocycles. The highest BCUT2D eigenvalue weighted by atomic mass is 35.5. The smallest absolute Gasteiger partial charge is 0.408 e. The number of amides is 1. The molecule has 1 heterocycles. The van der Waals surface area contributed by atoms with Crippen LogP contribution in [0.1, 0.15) is 20.8 Å². The van der Waals surface area contributed by atoms with Gasteiger partial charge in [0.05, 0.1) is 12.1 Å². The van der Waals surface area contributed by atoms with E-state index in [-0.39, 0.29) is 18.4 Å². The minimum atomic E-state index is -0.525. The number of ether oxygens (including phenoxy) is 1. The lowest BCUT2D eigenvalue weighted by molar-refractivity contribution is 0.0461. The van der Waals surface area contributed by atoms with Crippen LogP contribution in [-0.2, 0) is 4.74 Å². The van der Waals surface area contributed by atoms with E-state index in [1.807, 2.05) is 0 Å². The third-order valence-electron chi connectivity index (χ3n) is 1.88. The normalized spacial score (nSPS) is 25.6. The fourth-order valence-corrected chi connectivity index (χ4v) is 1.27. The monoisotopic (exact) mass is 238 g/mol. The van der Waals surface area contributed by atoms with Gasteiger partial charge >= 0.3 is 6.09 Å². The van der Waals surface area contributed by atoms with Crippen LogP contribution < -0.4 is 10.6 Å². The summed E-state index contributed by atoms with van der Waals surface area (Å²) >= 11 is 0. The molecular weight excluding hydrogens is 220 g/mol. The summed E-state index contributed by atoms with van der Waals surface area (Å²) in [6, 6.07) is -0.246. The molecule has 1 fully saturated rings. The highest BCUT2D eigenvalue weighted by Gasteiger charge is 2.28. The van der Waals surface area contributed by atoms with Crippen LogP contribution in [0, 0.1) is 0 Å². The van der Waals surface area contributed by atoms with Gasteiger partial charge in [-0.1, -0.05) is 0 Å². The van der Waals surface area contributed by atoms with Crippen LogP contribution in [0.25, 0.3) is 0 Å². The third kappa shape index (κ3) is 5.20. The average Bonchev–Trinajstić information content (AvgIpc) is 2.32. The molecule has 1 amide bonds. The van der Waals surface area contributed by atoms with Crippen LogP contribution in [0.4, 0.5) is 4.79 Å². The van der Waals surface area contributed by atoms with E-state index in [9.17, 15) is 9.90 Å². The first-order valence-corrected chi connectivity index (χ1v) is 4.77. The van der Waals surface area contributed by atoms with Crippen LogP contribution in [0.15, 0.2) is 0 Å². The Hall–Kier alpha value is -0.520. The molecule has 6 heteroatoms. The molecule has 0 saturated carbocycles. The van der Waals surface area contributed by atoms with Gasteiger partial charge in [0.15, 0.2) is 0 Å². The Kier molecular flexibility index (Phi) is 5.34. The second kappa shape index (κ2) is 5.53. The van der Waals surface area contributed by atoms with Crippen LogP contribution in [0.3, 0.4) is 0 Å². The van der Waals surface area contributed by atoms with E-state index in [1.54, 1.807) is 20.8 Å². The maximum absolute atomic E-state index is 11.3. The summed E-state index contributed by atoms with van der Waals surface area (Å²) in [7, 11) is 0. The molecule has 1 saturated heterocycles. The molecule has 0 spiro atoms. The van der Waals surface area contributed by atoms with Crippen molar-refractivity contribution in [1.29, 1.82) is 0 Å². The van der Waals surface area contributed by atoms with Gasteiger partial charge in [0.1, 0.15) is 5.60 Å². The van der Waals surface area contributed by atoms with E-state index in [0.29, 0.717) is 13.1 Å². The molecular formula is C9H19ClN2O3. The Labute approximate surface area is 96.0 Å². The summed E-state index contributed by atoms with van der Waals surface area (Å²) < 4.78 is 5.06. The molecule has 5 nitrogen and oxygen atoms in total. The van der Waals surface area contributed by atoms with Crippen molar-refractivity contribution in [1.82, 2.24) is 10.6 Å². The van der Waals surface area contributed by atoms with Crippen LogP contribution >= 0.6 is 12.4 Å². The Bertz CT molecular complexity index is 218. The van der Waals surface area contributed by atoms with Gasteiger partial charge in [-0.15, -0.1) is 12.4 Å². The maximum Gasteiger partial charge on any atom is 0.408 e. The van der Waals surface area contributed by atoms with Gasteiger partial charge in [-0.25, -0.2) is 4.79 Å². The van der Waals surface area contributed by atoms with E-state index in [1.165, 1.54) is 0 Å². The zero-order chi connectivity index (χ0) is 10.8. The van der Waals surface area contributed by atoms with Crippen molar-refractivity contribution >= 4 is 18.5 Å². The van der Waals surface area contributed by atoms with Crippen LogP contribution in [0.2, 0.25) is 0 Å². The molecule has 0 bridgehead atoms. The molecule has 0 aromatic heterocycles. The highest BCUT2D eigenvalue weighted by molar-refractivity contribution is 5.85. The second-order valence-electron chi connectivity index (χ2n) is 4.48. The Morgan fingerprint density at radius 3 is 2.47 bits per heavy atom. The first-order chi connectivity index (χ1) is 6.38. The molecule has 0 unspecified atom stereocenters. The first-order valence-electron chi connectivity index (χ1n) is 4.77. The molecule has 3 N–H and O–H groups in total. The molecule has 0 aromatic rings. The van der Waals surface area contributed by atoms with Crippen molar-refractivity contribution in [2.75, 3.05) is 13.1 Å². The number of β-amino-alcohol motifs (C(OH)–C–C–N with tert-alkyl or cyclic N) is 1. The molecule has 1 rings (SSSR count). The Balaban J connectivity index is 0.00000196. The zero-order valence-corrected chi connectivity index (χ0v) is 10.1. The summed E-state index contributed by atoms with van der Waals surface area (Å²) in [5.74, 6) is 0. The van der Waals surface area contributed by atoms with Crippen molar-refractivity contribution in [2.45, 2.75) is 38.5 Å². The minimum Gasteiger partial charge on any atom is -0.444 e. The maximum atomic E-state index is 11.3. The third-order valence-corrected chi connectivity index (χ3v) is 1.88. The number of aliphatic hydroxyl groups excluding tert-OH is 1. The number of hydrogen-bond donors (Lipinski definition) is 3. The lowest BCUT2D eigenvalue weighted by Crippen LogP contribution is -2.45. The van der Waals surface area contributed by atoms with Gasteiger partial charge in [0.2, 0.25) is 0 Å². The van der Waals surface area contributed by atoms with E-state index in [4.69, 9.17) is 4.74 Å². The standard InChI is InChI=1S/C9H18N2O3.ClH/c1-9(2,3)14-8(13)11-6-4-10-5-7(6)12;/h6-7,10,12H,4-5H2,1-3H3,(H,11,13);1H/t6-,7+;/m0./s1. The van der Waals surface area contributed by atoms with Crippen LogP contribution in [0.5, 0.6) is 0 Å². The summed E-state index contributed by atoms with van der Waals surface area (Å²) in [5.41, 5.74) is -0.499. The number of nitrogens with one attached hydrogen (secondary N) is 2. The Morgan fingerprint density at radius 1 is 1.47 bits per heavy atom. The molecule has 90 valence electrons. The predicted molar refractivity (Wildman–Crippen MR) is 59.3 cm³/mol. The van der Waals surface area contributed by atoms with Gasteiger partial charge in [-0.05, 0) is 20.8 Å². The quantitative estimate of drug-likeness (QED) is 0.613. The molecule has 0 aliphatic carbocycles. The first kappa shape index (κ1) is 14.5. The topological polar surface area (TPSA) is 70.6 Å². The molecule has 0 radical (unpaired) electrons. The van der Waals surface area contributed by atoms with Crippen molar-refractivity contribution in [3.63, 3.8) is 0 Å². The summed E-state index contributed by atoms with van der Waals surface area (Å²) in [4.78, 5) is 11.3. The van der Waals surface area contributed by atoms with Gasteiger partial charge in [-0.2, -0.15) is 0 Å². The molecule has 15 heavy (non-hydrogen) atoms. The van der Waals surface area contributed by atoms with Crippen molar-refractivity contribution < 1.29 is 14.6 Å². The van der Waals surface area contributed by atoms with Crippen LogP contribution in [-0.4, -0.2) is 42.0 Å². The van der Waals surface area contributed by atoms with Gasteiger partial charge < -0.3 is 20.5 Å². The number of aliphatic hydroxyl groups is 1. The minimum absolute atomic E-state index is 0. The van der Waals surface area contributed by atoms with Gasteiger partial charge in [-0.3, -0.25) is 0 Å². The van der Waals surface area contributed by atoms with Crippen molar-refractivity contribution in [3.05, 3.63) is 0 Å². The van der Waals surface area contributed by atoms with Crippen molar-refractivity contribution in [3.8, 4) is 0 Å². The largest absolute Gasteiger partial charge is 0.444 e. The fourth-order valence-electron chi connectivity index (χ4n) is 1.27. The molecule has 2 atom stereocenters. The fraction of sp³-hybridized carbons (Fsp3) is 0.889. The Morgan fingerprint density at radius 2 is 2.07 bits per heavy atom. The molecule has 1 aliphatic heterocycles. The number of hydrogen-bond acceptors (Lipinski definition) is 4. The van der Waals surface area contributed by atoms with Gasteiger partial charge in [0.25, 0.3) is 0 Å². The van der Waals surface area contributed by atoms with Crippen molar-refractivity contribution in [2.24, 2.45) is 0 Å². The summed E-state index contributed by atoms with van der Waals surface area (Å²) in [6.07, 6.45) is -1.01. The average molecular weight is 239 g/mol.